The van der Waals surface area contributed by atoms with Crippen molar-refractivity contribution in [1.82, 2.24) is 5.32 Å². The van der Waals surface area contributed by atoms with E-state index in [9.17, 15) is 0 Å². The van der Waals surface area contributed by atoms with Crippen molar-refractivity contribution in [2.45, 2.75) is 32.2 Å². The van der Waals surface area contributed by atoms with E-state index in [2.05, 4.69) is 51.7 Å². The maximum atomic E-state index is 3.63. The fourth-order valence-electron chi connectivity index (χ4n) is 2.12. The lowest BCUT2D eigenvalue weighted by molar-refractivity contribution is 0.637. The van der Waals surface area contributed by atoms with Gasteiger partial charge in [0.1, 0.15) is 0 Å². The predicted molar refractivity (Wildman–Crippen MR) is 73.0 cm³/mol. The van der Waals surface area contributed by atoms with E-state index in [4.69, 9.17) is 0 Å². The molecule has 1 atom stereocenters. The maximum absolute atomic E-state index is 3.63. The number of anilines is 1. The zero-order valence-corrected chi connectivity index (χ0v) is 11.3. The monoisotopic (exact) mass is 282 g/mol. The maximum Gasteiger partial charge on any atom is 0.0486 e. The smallest absolute Gasteiger partial charge is 0.0486 e. The van der Waals surface area contributed by atoms with E-state index < -0.39 is 0 Å². The van der Waals surface area contributed by atoms with Gasteiger partial charge < -0.3 is 10.6 Å². The average molecular weight is 283 g/mol. The first kappa shape index (κ1) is 11.9. The van der Waals surface area contributed by atoms with Crippen LogP contribution in [0.2, 0.25) is 0 Å². The second-order valence-electron chi connectivity index (χ2n) is 4.51. The van der Waals surface area contributed by atoms with Gasteiger partial charge in [-0.05, 0) is 72.9 Å². The molecule has 16 heavy (non-hydrogen) atoms. The molecule has 88 valence electrons. The Balaban J connectivity index is 2.01. The van der Waals surface area contributed by atoms with Crippen LogP contribution in [0.4, 0.5) is 5.69 Å². The van der Waals surface area contributed by atoms with E-state index in [-0.39, 0.29) is 0 Å². The number of hydrogen-bond donors (Lipinski definition) is 2. The molecule has 0 amide bonds. The van der Waals surface area contributed by atoms with Gasteiger partial charge in [0.05, 0.1) is 0 Å². The first-order valence-corrected chi connectivity index (χ1v) is 6.78. The topological polar surface area (TPSA) is 24.1 Å². The third-order valence-electron chi connectivity index (χ3n) is 3.06. The summed E-state index contributed by atoms with van der Waals surface area (Å²) < 4.78 is 1.17. The molecule has 1 aromatic rings. The quantitative estimate of drug-likeness (QED) is 0.870. The van der Waals surface area contributed by atoms with Crippen LogP contribution in [0.25, 0.3) is 0 Å². The molecular formula is C13H19BrN2. The number of rotatable bonds is 2. The van der Waals surface area contributed by atoms with E-state index in [1.54, 1.807) is 0 Å². The molecule has 0 bridgehead atoms. The molecule has 3 heteroatoms. The number of benzene rings is 1. The second-order valence-corrected chi connectivity index (χ2v) is 5.36. The fourth-order valence-corrected chi connectivity index (χ4v) is 2.73. The van der Waals surface area contributed by atoms with Crippen LogP contribution in [0.1, 0.15) is 24.8 Å². The van der Waals surface area contributed by atoms with Gasteiger partial charge >= 0.3 is 0 Å². The molecular weight excluding hydrogens is 264 g/mol. The molecule has 0 spiro atoms. The lowest BCUT2D eigenvalue weighted by Crippen LogP contribution is -2.21. The third-order valence-corrected chi connectivity index (χ3v) is 3.72. The Kier molecular flexibility index (Phi) is 4.24. The van der Waals surface area contributed by atoms with Gasteiger partial charge in [0.2, 0.25) is 0 Å². The number of nitrogens with one attached hydrogen (secondary N) is 2. The highest BCUT2D eigenvalue weighted by Crippen LogP contribution is 2.25. The van der Waals surface area contributed by atoms with Gasteiger partial charge in [-0.25, -0.2) is 0 Å². The van der Waals surface area contributed by atoms with Gasteiger partial charge in [0, 0.05) is 16.2 Å². The van der Waals surface area contributed by atoms with Crippen LogP contribution in [-0.2, 0) is 0 Å². The Labute approximate surface area is 106 Å². The summed E-state index contributed by atoms with van der Waals surface area (Å²) in [7, 11) is 0. The zero-order valence-electron chi connectivity index (χ0n) is 9.72. The van der Waals surface area contributed by atoms with Crippen LogP contribution in [0.3, 0.4) is 0 Å². The van der Waals surface area contributed by atoms with Gasteiger partial charge in [-0.1, -0.05) is 6.07 Å². The van der Waals surface area contributed by atoms with Crippen LogP contribution in [-0.4, -0.2) is 19.1 Å². The standard InChI is InChI=1S/C13H19BrN2/c1-10-4-5-13(12(14)9-10)16-11-3-2-7-15-8-6-11/h4-5,9,11,15-16H,2-3,6-8H2,1H3. The van der Waals surface area contributed by atoms with Crippen molar-refractivity contribution < 1.29 is 0 Å². The SMILES string of the molecule is Cc1ccc(NC2CCCNCC2)c(Br)c1. The number of halogens is 1. The number of aryl methyl sites for hydroxylation is 1. The summed E-state index contributed by atoms with van der Waals surface area (Å²) in [5, 5.41) is 7.06. The molecule has 1 aliphatic rings. The number of hydrogen-bond acceptors (Lipinski definition) is 2. The van der Waals surface area contributed by atoms with E-state index in [0.717, 1.165) is 13.1 Å². The highest BCUT2D eigenvalue weighted by Gasteiger charge is 2.12. The summed E-state index contributed by atoms with van der Waals surface area (Å²) in [6.45, 7) is 4.40. The van der Waals surface area contributed by atoms with Gasteiger partial charge in [-0.3, -0.25) is 0 Å². The molecule has 0 saturated carbocycles. The largest absolute Gasteiger partial charge is 0.381 e. The summed E-state index contributed by atoms with van der Waals surface area (Å²) >= 11 is 3.62. The summed E-state index contributed by atoms with van der Waals surface area (Å²) in [5.74, 6) is 0. The van der Waals surface area contributed by atoms with Crippen molar-refractivity contribution in [3.8, 4) is 0 Å². The lowest BCUT2D eigenvalue weighted by atomic mass is 10.1. The van der Waals surface area contributed by atoms with E-state index >= 15 is 0 Å². The van der Waals surface area contributed by atoms with Gasteiger partial charge in [0.15, 0.2) is 0 Å². The van der Waals surface area contributed by atoms with Crippen molar-refractivity contribution in [2.24, 2.45) is 0 Å². The Hall–Kier alpha value is -0.540. The van der Waals surface area contributed by atoms with E-state index in [1.165, 1.54) is 35.0 Å². The van der Waals surface area contributed by atoms with Crippen LogP contribution >= 0.6 is 15.9 Å². The van der Waals surface area contributed by atoms with Gasteiger partial charge in [0.25, 0.3) is 0 Å². The van der Waals surface area contributed by atoms with Crippen molar-refractivity contribution >= 4 is 21.6 Å². The summed E-state index contributed by atoms with van der Waals surface area (Å²) in [4.78, 5) is 0. The normalized spacial score (nSPS) is 21.5. The first-order valence-electron chi connectivity index (χ1n) is 5.99. The highest BCUT2D eigenvalue weighted by atomic mass is 79.9. The molecule has 1 heterocycles. The van der Waals surface area contributed by atoms with Gasteiger partial charge in [-0.15, -0.1) is 0 Å². The van der Waals surface area contributed by atoms with Crippen molar-refractivity contribution in [1.29, 1.82) is 0 Å². The molecule has 2 nitrogen and oxygen atoms in total. The molecule has 2 N–H and O–H groups in total. The average Bonchev–Trinajstić information content (AvgIpc) is 2.51. The van der Waals surface area contributed by atoms with Crippen LogP contribution in [0.15, 0.2) is 22.7 Å². The molecule has 0 aliphatic carbocycles. The minimum atomic E-state index is 0.606. The molecule has 1 aliphatic heterocycles. The second kappa shape index (κ2) is 5.69. The molecule has 0 radical (unpaired) electrons. The zero-order chi connectivity index (χ0) is 11.4. The Morgan fingerprint density at radius 1 is 1.31 bits per heavy atom. The molecule has 1 saturated heterocycles. The van der Waals surface area contributed by atoms with Gasteiger partial charge in [-0.2, -0.15) is 0 Å². The molecule has 1 fully saturated rings. The summed E-state index contributed by atoms with van der Waals surface area (Å²) in [6.07, 6.45) is 3.73. The fraction of sp³-hybridized carbons (Fsp3) is 0.538. The van der Waals surface area contributed by atoms with Crippen LogP contribution < -0.4 is 10.6 Å². The van der Waals surface area contributed by atoms with E-state index in [0.29, 0.717) is 6.04 Å². The Morgan fingerprint density at radius 3 is 3.00 bits per heavy atom. The van der Waals surface area contributed by atoms with Crippen molar-refractivity contribution in [3.63, 3.8) is 0 Å². The van der Waals surface area contributed by atoms with Crippen molar-refractivity contribution in [2.75, 3.05) is 18.4 Å². The molecule has 0 aromatic heterocycles. The first-order chi connectivity index (χ1) is 7.75. The minimum Gasteiger partial charge on any atom is -0.381 e. The van der Waals surface area contributed by atoms with Crippen LogP contribution in [0.5, 0.6) is 0 Å². The third kappa shape index (κ3) is 3.22. The summed E-state index contributed by atoms with van der Waals surface area (Å²) in [5.41, 5.74) is 2.51. The molecule has 1 aromatic carbocycles. The Morgan fingerprint density at radius 2 is 2.19 bits per heavy atom. The lowest BCUT2D eigenvalue weighted by Gasteiger charge is -2.18. The Bertz CT molecular complexity index is 344. The predicted octanol–water partition coefficient (Wildman–Crippen LogP) is 3.31. The highest BCUT2D eigenvalue weighted by molar-refractivity contribution is 9.10. The minimum absolute atomic E-state index is 0.606. The summed E-state index contributed by atoms with van der Waals surface area (Å²) in [6, 6.07) is 7.09. The van der Waals surface area contributed by atoms with Crippen LogP contribution in [0, 0.1) is 6.92 Å². The molecule has 1 unspecified atom stereocenters. The van der Waals surface area contributed by atoms with Crippen molar-refractivity contribution in [3.05, 3.63) is 28.2 Å². The molecule has 2 rings (SSSR count). The van der Waals surface area contributed by atoms with E-state index in [1.807, 2.05) is 0 Å².